The van der Waals surface area contributed by atoms with Gasteiger partial charge in [-0.25, -0.2) is 9.37 Å². The Labute approximate surface area is 254 Å². The zero-order chi connectivity index (χ0) is 30.3. The predicted molar refractivity (Wildman–Crippen MR) is 167 cm³/mol. The standard InChI is InChI=1S/C35H34FN5O3/c1-39-32-28(13-24(16-31(32)44-2)35(43)40-18-20-5-9-25(40)11-20)38-34(39)30-15-22-7-6-21(14-29(22)41(30)17-19-3-4-19)26-10-8-23(33(37)42)12-27(26)36/h6-8,10,12-16,19-20,25H,3-5,9,11,17-18H2,1-2H3,(H2,37,42). The van der Waals surface area contributed by atoms with Crippen LogP contribution in [0.4, 0.5) is 4.39 Å². The minimum absolute atomic E-state index is 0.0519. The van der Waals surface area contributed by atoms with Gasteiger partial charge in [0.1, 0.15) is 17.1 Å². The van der Waals surface area contributed by atoms with E-state index in [0.717, 1.165) is 64.9 Å². The molecule has 1 aliphatic heterocycles. The highest BCUT2D eigenvalue weighted by Gasteiger charge is 2.40. The highest BCUT2D eigenvalue weighted by Crippen LogP contribution is 2.41. The topological polar surface area (TPSA) is 95.4 Å². The second-order valence-electron chi connectivity index (χ2n) is 12.7. The molecule has 2 aliphatic carbocycles. The van der Waals surface area contributed by atoms with E-state index in [2.05, 4.69) is 10.6 Å². The van der Waals surface area contributed by atoms with Gasteiger partial charge in [-0.05, 0) is 85.9 Å². The molecule has 3 heterocycles. The Hall–Kier alpha value is -4.66. The first kappa shape index (κ1) is 26.9. The maximum Gasteiger partial charge on any atom is 0.254 e. The van der Waals surface area contributed by atoms with E-state index >= 15 is 4.39 Å². The molecule has 3 aliphatic rings. The molecule has 1 saturated heterocycles. The van der Waals surface area contributed by atoms with Crippen molar-refractivity contribution in [3.8, 4) is 28.4 Å². The molecule has 2 bridgehead atoms. The van der Waals surface area contributed by atoms with Crippen molar-refractivity contribution in [2.75, 3.05) is 13.7 Å². The van der Waals surface area contributed by atoms with E-state index in [9.17, 15) is 9.59 Å². The second-order valence-corrected chi connectivity index (χ2v) is 12.7. The number of carbonyl (C=O) groups is 2. The summed E-state index contributed by atoms with van der Waals surface area (Å²) < 4.78 is 25.3. The predicted octanol–water partition coefficient (Wildman–Crippen LogP) is 6.14. The van der Waals surface area contributed by atoms with Crippen LogP contribution in [-0.4, -0.2) is 50.5 Å². The van der Waals surface area contributed by atoms with Crippen LogP contribution in [-0.2, 0) is 13.6 Å². The first-order valence-electron chi connectivity index (χ1n) is 15.4. The van der Waals surface area contributed by atoms with Crippen LogP contribution in [0.25, 0.3) is 44.6 Å². The summed E-state index contributed by atoms with van der Waals surface area (Å²) in [6.45, 7) is 1.66. The van der Waals surface area contributed by atoms with Gasteiger partial charge in [-0.2, -0.15) is 0 Å². The molecule has 5 aromatic rings. The fraction of sp³-hybridized carbons (Fsp3) is 0.343. The largest absolute Gasteiger partial charge is 0.494 e. The summed E-state index contributed by atoms with van der Waals surface area (Å²) in [5, 5.41) is 1.03. The number of piperidine rings is 1. The number of rotatable bonds is 7. The Morgan fingerprint density at radius 1 is 1.02 bits per heavy atom. The summed E-state index contributed by atoms with van der Waals surface area (Å²) in [6.07, 6.45) is 5.75. The Morgan fingerprint density at radius 3 is 2.55 bits per heavy atom. The molecule has 2 aromatic heterocycles. The van der Waals surface area contributed by atoms with Gasteiger partial charge in [0.25, 0.3) is 5.91 Å². The molecule has 3 aromatic carbocycles. The van der Waals surface area contributed by atoms with E-state index < -0.39 is 11.7 Å². The number of nitrogens with zero attached hydrogens (tertiary/aromatic N) is 4. The second kappa shape index (κ2) is 9.94. The van der Waals surface area contributed by atoms with Gasteiger partial charge in [-0.15, -0.1) is 0 Å². The third-order valence-electron chi connectivity index (χ3n) is 9.91. The molecule has 9 heteroatoms. The van der Waals surface area contributed by atoms with Crippen molar-refractivity contribution < 1.29 is 18.7 Å². The van der Waals surface area contributed by atoms with Crippen molar-refractivity contribution in [2.24, 2.45) is 24.6 Å². The Kier molecular flexibility index (Phi) is 6.08. The van der Waals surface area contributed by atoms with E-state index in [0.29, 0.717) is 34.8 Å². The van der Waals surface area contributed by atoms with E-state index in [1.165, 1.54) is 25.3 Å². The van der Waals surface area contributed by atoms with Gasteiger partial charge < -0.3 is 24.5 Å². The van der Waals surface area contributed by atoms with Gasteiger partial charge >= 0.3 is 0 Å². The van der Waals surface area contributed by atoms with E-state index in [-0.39, 0.29) is 11.5 Å². The van der Waals surface area contributed by atoms with Gasteiger partial charge in [0.2, 0.25) is 5.91 Å². The molecule has 3 fully saturated rings. The van der Waals surface area contributed by atoms with Crippen molar-refractivity contribution in [3.63, 3.8) is 0 Å². The summed E-state index contributed by atoms with van der Waals surface area (Å²) >= 11 is 0. The van der Waals surface area contributed by atoms with E-state index in [4.69, 9.17) is 15.5 Å². The summed E-state index contributed by atoms with van der Waals surface area (Å²) in [5.74, 6) is 1.50. The van der Waals surface area contributed by atoms with Gasteiger partial charge in [-0.1, -0.05) is 18.2 Å². The van der Waals surface area contributed by atoms with Gasteiger partial charge in [0.05, 0.1) is 18.3 Å². The third kappa shape index (κ3) is 4.28. The number of fused-ring (bicyclic) bond motifs is 4. The number of aromatic nitrogens is 3. The quantitative estimate of drug-likeness (QED) is 0.246. The van der Waals surface area contributed by atoms with Crippen LogP contribution in [0, 0.1) is 17.7 Å². The summed E-state index contributed by atoms with van der Waals surface area (Å²) in [4.78, 5) is 32.3. The number of primary amides is 1. The number of imidazole rings is 1. The molecule has 44 heavy (non-hydrogen) atoms. The average molecular weight is 592 g/mol. The molecule has 0 radical (unpaired) electrons. The maximum absolute atomic E-state index is 15.1. The van der Waals surface area contributed by atoms with E-state index in [1.807, 2.05) is 46.8 Å². The summed E-state index contributed by atoms with van der Waals surface area (Å²) in [5.41, 5.74) is 10.7. The normalized spacial score (nSPS) is 19.4. The summed E-state index contributed by atoms with van der Waals surface area (Å²) in [6, 6.07) is 16.5. The van der Waals surface area contributed by atoms with E-state index in [1.54, 1.807) is 19.2 Å². The smallest absolute Gasteiger partial charge is 0.254 e. The van der Waals surface area contributed by atoms with Crippen molar-refractivity contribution >= 4 is 33.8 Å². The highest BCUT2D eigenvalue weighted by molar-refractivity contribution is 6.01. The number of carbonyl (C=O) groups excluding carboxylic acids is 2. The van der Waals surface area contributed by atoms with Crippen molar-refractivity contribution in [1.82, 2.24) is 19.0 Å². The van der Waals surface area contributed by atoms with Crippen LogP contribution in [0.2, 0.25) is 0 Å². The van der Waals surface area contributed by atoms with Crippen LogP contribution in [0.1, 0.15) is 52.8 Å². The van der Waals surface area contributed by atoms with Crippen molar-refractivity contribution in [3.05, 3.63) is 71.5 Å². The fourth-order valence-corrected chi connectivity index (χ4v) is 7.42. The number of aryl methyl sites for hydroxylation is 1. The number of nitrogens with two attached hydrogens (primary N) is 1. The zero-order valence-electron chi connectivity index (χ0n) is 24.8. The lowest BCUT2D eigenvalue weighted by atomic mass is 10.0. The molecule has 0 spiro atoms. The monoisotopic (exact) mass is 591 g/mol. The van der Waals surface area contributed by atoms with Crippen LogP contribution in [0.3, 0.4) is 0 Å². The average Bonchev–Trinajstić information content (AvgIpc) is 3.30. The van der Waals surface area contributed by atoms with Crippen LogP contribution in [0.15, 0.2) is 54.6 Å². The molecule has 2 amide bonds. The van der Waals surface area contributed by atoms with Crippen molar-refractivity contribution in [2.45, 2.75) is 44.7 Å². The first-order chi connectivity index (χ1) is 21.3. The van der Waals surface area contributed by atoms with Gasteiger partial charge in [0, 0.05) is 53.8 Å². The van der Waals surface area contributed by atoms with Gasteiger partial charge in [-0.3, -0.25) is 9.59 Å². The fourth-order valence-electron chi connectivity index (χ4n) is 7.42. The van der Waals surface area contributed by atoms with Gasteiger partial charge in [0.15, 0.2) is 5.82 Å². The number of halogens is 1. The number of hydrogen-bond acceptors (Lipinski definition) is 4. The molecule has 2 atom stereocenters. The number of methoxy groups -OCH3 is 1. The Bertz CT molecular complexity index is 2000. The first-order valence-corrected chi connectivity index (χ1v) is 15.4. The SMILES string of the molecule is COc1cc(C(=O)N2CC3CCC2C3)cc2nc(-c3cc4ccc(-c5ccc(C(N)=O)cc5F)cc4n3CC3CC3)n(C)c12. The maximum atomic E-state index is 15.1. The molecule has 224 valence electrons. The molecule has 2 unspecified atom stereocenters. The number of amides is 2. The van der Waals surface area contributed by atoms with Crippen LogP contribution >= 0.6 is 0 Å². The molecule has 2 N–H and O–H groups in total. The lowest BCUT2D eigenvalue weighted by molar-refractivity contribution is 0.0703. The number of ether oxygens (including phenoxy) is 1. The Morgan fingerprint density at radius 2 is 1.86 bits per heavy atom. The Balaban J connectivity index is 1.24. The lowest BCUT2D eigenvalue weighted by Crippen LogP contribution is -2.37. The number of likely N-dealkylation sites (tertiary alicyclic amines) is 1. The summed E-state index contributed by atoms with van der Waals surface area (Å²) in [7, 11) is 3.61. The molecule has 2 saturated carbocycles. The molecule has 8 nitrogen and oxygen atoms in total. The minimum atomic E-state index is -0.660. The zero-order valence-corrected chi connectivity index (χ0v) is 24.8. The number of hydrogen-bond donors (Lipinski definition) is 1. The number of benzene rings is 3. The third-order valence-corrected chi connectivity index (χ3v) is 9.91. The molecular formula is C35H34FN5O3. The lowest BCUT2D eigenvalue weighted by Gasteiger charge is -2.27. The van der Waals surface area contributed by atoms with Crippen LogP contribution < -0.4 is 10.5 Å². The molecule has 8 rings (SSSR count). The van der Waals surface area contributed by atoms with Crippen LogP contribution in [0.5, 0.6) is 5.75 Å². The van der Waals surface area contributed by atoms with Crippen molar-refractivity contribution in [1.29, 1.82) is 0 Å². The molecular weight excluding hydrogens is 557 g/mol. The highest BCUT2D eigenvalue weighted by atomic mass is 19.1. The minimum Gasteiger partial charge on any atom is -0.494 e.